The van der Waals surface area contributed by atoms with Crippen LogP contribution in [0.2, 0.25) is 0 Å². The number of aliphatic hydroxyl groups excluding tert-OH is 3. The minimum atomic E-state index is -2.84. The third-order valence-corrected chi connectivity index (χ3v) is 8.36. The summed E-state index contributed by atoms with van der Waals surface area (Å²) in [4.78, 5) is 39.5. The fraction of sp³-hybridized carbons (Fsp3) is 0.480. The zero-order valence-corrected chi connectivity index (χ0v) is 20.9. The molecule has 3 aliphatic rings. The molecule has 0 bridgehead atoms. The smallest absolute Gasteiger partial charge is 0.255 e. The van der Waals surface area contributed by atoms with E-state index in [0.717, 1.165) is 0 Å². The summed E-state index contributed by atoms with van der Waals surface area (Å²) in [5.74, 6) is -8.55. The number of allylic oxidation sites excluding steroid dienone is 1. The van der Waals surface area contributed by atoms with Crippen molar-refractivity contribution in [2.24, 2.45) is 17.6 Å². The first-order chi connectivity index (χ1) is 16.1. The fourth-order valence-corrected chi connectivity index (χ4v) is 6.59. The molecule has 0 fully saturated rings. The van der Waals surface area contributed by atoms with E-state index in [2.05, 4.69) is 0 Å². The Morgan fingerprint density at radius 2 is 1.80 bits per heavy atom. The Bertz CT molecular complexity index is 1260. The lowest BCUT2D eigenvalue weighted by Crippen LogP contribution is -2.62. The van der Waals surface area contributed by atoms with Crippen LogP contribution in [-0.4, -0.2) is 61.0 Å². The van der Waals surface area contributed by atoms with E-state index in [1.807, 2.05) is 27.0 Å². The Balaban J connectivity index is 2.05. The topological polar surface area (TPSA) is 178 Å². The van der Waals surface area contributed by atoms with Crippen LogP contribution in [0.25, 0.3) is 0 Å². The molecule has 0 unspecified atom stereocenters. The van der Waals surface area contributed by atoms with Crippen LogP contribution in [0.5, 0.6) is 5.75 Å². The highest BCUT2D eigenvalue weighted by molar-refractivity contribution is 7.98. The average Bonchev–Trinajstić information content (AvgIpc) is 2.75. The molecule has 0 aromatic heterocycles. The Kier molecular flexibility index (Phi) is 5.66. The molecule has 0 heterocycles. The predicted molar refractivity (Wildman–Crippen MR) is 127 cm³/mol. The maximum atomic E-state index is 13.9. The lowest BCUT2D eigenvalue weighted by molar-refractivity contribution is -0.154. The minimum absolute atomic E-state index is 0.0573. The number of Topliss-reactive ketones (excluding diaryl/α,β-unsaturated/α-hetero) is 2. The number of phenols is 1. The highest BCUT2D eigenvalue weighted by atomic mass is 32.2. The first-order valence-electron chi connectivity index (χ1n) is 11.2. The standard InChI is InChI=1S/C25H29NO8S/c1-8-13-12(35-5)7-9(24(2,3)4)18(28)16(13)20(30)17-14(8)19(29)10-6-11(27)15(23(26)33)21(31)25(10,34)22(17)32/h7-8,10,14,19,27-29,32,34H,6H2,1-5H3,(H2,26,33)/t8-,10+,14+,19+,25+/m0/s1. The molecule has 1 aromatic rings. The Morgan fingerprint density at radius 3 is 2.31 bits per heavy atom. The summed E-state index contributed by atoms with van der Waals surface area (Å²) in [7, 11) is 0. The first kappa shape index (κ1) is 25.3. The molecule has 7 N–H and O–H groups in total. The molecule has 10 heteroatoms. The lowest BCUT2D eigenvalue weighted by Gasteiger charge is -2.50. The number of ketones is 2. The Labute approximate surface area is 206 Å². The van der Waals surface area contributed by atoms with Crippen molar-refractivity contribution in [1.29, 1.82) is 0 Å². The molecule has 1 amide bonds. The van der Waals surface area contributed by atoms with Gasteiger partial charge in [-0.1, -0.05) is 27.7 Å². The highest BCUT2D eigenvalue weighted by Gasteiger charge is 2.64. The van der Waals surface area contributed by atoms with Crippen LogP contribution in [0.3, 0.4) is 0 Å². The van der Waals surface area contributed by atoms with Crippen LogP contribution >= 0.6 is 11.8 Å². The van der Waals surface area contributed by atoms with Crippen molar-refractivity contribution in [3.8, 4) is 5.75 Å². The van der Waals surface area contributed by atoms with Crippen molar-refractivity contribution < 1.29 is 39.9 Å². The molecule has 9 nitrogen and oxygen atoms in total. The van der Waals surface area contributed by atoms with Crippen LogP contribution in [0.4, 0.5) is 0 Å². The summed E-state index contributed by atoms with van der Waals surface area (Å²) in [5.41, 5.74) is 1.50. The summed E-state index contributed by atoms with van der Waals surface area (Å²) in [6.07, 6.45) is -0.228. The number of rotatable bonds is 2. The number of hydrogen-bond donors (Lipinski definition) is 6. The number of nitrogens with two attached hydrogens (primary N) is 1. The summed E-state index contributed by atoms with van der Waals surface area (Å²) in [6.45, 7) is 7.34. The number of carbonyl (C=O) groups is 3. The Hall–Kier alpha value is -2.82. The highest BCUT2D eigenvalue weighted by Crippen LogP contribution is 2.57. The third kappa shape index (κ3) is 3.19. The fourth-order valence-electron chi connectivity index (χ4n) is 5.84. The monoisotopic (exact) mass is 503 g/mol. The molecule has 0 spiro atoms. The first-order valence-corrected chi connectivity index (χ1v) is 12.4. The number of aromatic hydroxyl groups is 1. The van der Waals surface area contributed by atoms with Gasteiger partial charge in [0.15, 0.2) is 11.4 Å². The normalized spacial score (nSPS) is 30.7. The van der Waals surface area contributed by atoms with Crippen molar-refractivity contribution in [3.63, 3.8) is 0 Å². The van der Waals surface area contributed by atoms with Crippen LogP contribution in [0, 0.1) is 11.8 Å². The molecule has 0 saturated carbocycles. The van der Waals surface area contributed by atoms with Gasteiger partial charge in [0.2, 0.25) is 5.78 Å². The molecule has 0 radical (unpaired) electrons. The van der Waals surface area contributed by atoms with Gasteiger partial charge in [-0.05, 0) is 29.2 Å². The molecule has 0 aliphatic heterocycles. The lowest BCUT2D eigenvalue weighted by atomic mass is 9.56. The molecular formula is C25H29NO8S. The second-order valence-corrected chi connectivity index (χ2v) is 11.4. The number of aliphatic hydroxyl groups is 4. The number of thioether (sulfide) groups is 1. The van der Waals surface area contributed by atoms with Crippen LogP contribution in [0.1, 0.15) is 61.5 Å². The number of phenolic OH excluding ortho intramolecular Hbond substituents is 1. The molecular weight excluding hydrogens is 474 g/mol. The minimum Gasteiger partial charge on any atom is -0.511 e. The van der Waals surface area contributed by atoms with E-state index < -0.39 is 81.4 Å². The van der Waals surface area contributed by atoms with E-state index in [1.54, 1.807) is 13.0 Å². The van der Waals surface area contributed by atoms with Crippen molar-refractivity contribution >= 4 is 29.2 Å². The maximum Gasteiger partial charge on any atom is 0.255 e. The Morgan fingerprint density at radius 1 is 1.20 bits per heavy atom. The van der Waals surface area contributed by atoms with Crippen LogP contribution in [-0.2, 0) is 15.0 Å². The summed E-state index contributed by atoms with van der Waals surface area (Å²) < 4.78 is 0. The van der Waals surface area contributed by atoms with E-state index in [1.165, 1.54) is 11.8 Å². The second kappa shape index (κ2) is 7.84. The quantitative estimate of drug-likeness (QED) is 0.260. The number of primary amides is 1. The van der Waals surface area contributed by atoms with E-state index >= 15 is 0 Å². The van der Waals surface area contributed by atoms with Gasteiger partial charge < -0.3 is 31.3 Å². The van der Waals surface area contributed by atoms with E-state index in [0.29, 0.717) is 16.0 Å². The van der Waals surface area contributed by atoms with Gasteiger partial charge >= 0.3 is 0 Å². The largest absolute Gasteiger partial charge is 0.511 e. The number of fused-ring (bicyclic) bond motifs is 3. The molecule has 1 aromatic carbocycles. The summed E-state index contributed by atoms with van der Waals surface area (Å²) in [6, 6.07) is 1.81. The zero-order valence-electron chi connectivity index (χ0n) is 20.0. The molecule has 3 aliphatic carbocycles. The predicted octanol–water partition coefficient (Wildman–Crippen LogP) is 2.13. The number of benzene rings is 1. The molecule has 5 atom stereocenters. The van der Waals surface area contributed by atoms with Gasteiger partial charge in [0, 0.05) is 34.3 Å². The van der Waals surface area contributed by atoms with Gasteiger partial charge in [-0.25, -0.2) is 0 Å². The maximum absolute atomic E-state index is 13.9. The second-order valence-electron chi connectivity index (χ2n) is 10.5. The summed E-state index contributed by atoms with van der Waals surface area (Å²) in [5, 5.41) is 55.5. The summed E-state index contributed by atoms with van der Waals surface area (Å²) >= 11 is 1.37. The number of amides is 1. The van der Waals surface area contributed by atoms with Gasteiger partial charge in [0.1, 0.15) is 22.8 Å². The van der Waals surface area contributed by atoms with Crippen LogP contribution < -0.4 is 5.73 Å². The molecule has 0 saturated heterocycles. The van der Waals surface area contributed by atoms with Gasteiger partial charge in [-0.2, -0.15) is 0 Å². The van der Waals surface area contributed by atoms with Gasteiger partial charge in [-0.3, -0.25) is 14.4 Å². The van der Waals surface area contributed by atoms with Crippen LogP contribution in [0.15, 0.2) is 33.6 Å². The van der Waals surface area contributed by atoms with E-state index in [4.69, 9.17) is 5.73 Å². The van der Waals surface area contributed by atoms with Gasteiger partial charge in [0.05, 0.1) is 11.7 Å². The number of hydrogen-bond acceptors (Lipinski definition) is 9. The van der Waals surface area contributed by atoms with Crippen molar-refractivity contribution in [3.05, 3.63) is 45.4 Å². The SMILES string of the molecule is CSc1cc(C(C)(C)C)c(O)c2c1[C@H](C)[C@@H]1C(=C(O)[C@]3(O)C(=O)C(C(N)=O)=C(O)C[C@@H]3[C@H]1O)C2=O. The molecule has 188 valence electrons. The van der Waals surface area contributed by atoms with Crippen molar-refractivity contribution in [1.82, 2.24) is 0 Å². The van der Waals surface area contributed by atoms with Crippen molar-refractivity contribution in [2.75, 3.05) is 6.26 Å². The van der Waals surface area contributed by atoms with Gasteiger partial charge in [-0.15, -0.1) is 11.8 Å². The van der Waals surface area contributed by atoms with Gasteiger partial charge in [0.25, 0.3) is 5.91 Å². The average molecular weight is 504 g/mol. The molecule has 4 rings (SSSR count). The zero-order chi connectivity index (χ0) is 26.4. The molecule has 35 heavy (non-hydrogen) atoms. The van der Waals surface area contributed by atoms with E-state index in [-0.39, 0.29) is 11.3 Å². The third-order valence-electron chi connectivity index (χ3n) is 7.58. The van der Waals surface area contributed by atoms with E-state index in [9.17, 15) is 39.9 Å². The number of carbonyl (C=O) groups excluding carboxylic acids is 3. The van der Waals surface area contributed by atoms with Crippen molar-refractivity contribution in [2.45, 2.75) is 62.0 Å².